The van der Waals surface area contributed by atoms with Crippen LogP contribution in [0.25, 0.3) is 0 Å². The van der Waals surface area contributed by atoms with Crippen LogP contribution in [0.3, 0.4) is 0 Å². The fourth-order valence-corrected chi connectivity index (χ4v) is 2.82. The Hall–Kier alpha value is -1.49. The summed E-state index contributed by atoms with van der Waals surface area (Å²) in [7, 11) is -4.14. The minimum absolute atomic E-state index is 0.0280. The van der Waals surface area contributed by atoms with Crippen molar-refractivity contribution in [1.29, 1.82) is 0 Å². The van der Waals surface area contributed by atoms with Gasteiger partial charge in [0, 0.05) is 12.6 Å². The molecule has 0 aliphatic carbocycles. The Kier molecular flexibility index (Phi) is 5.62. The van der Waals surface area contributed by atoms with Crippen LogP contribution >= 0.6 is 0 Å². The molecule has 0 heterocycles. The van der Waals surface area contributed by atoms with E-state index in [1.54, 1.807) is 13.8 Å². The van der Waals surface area contributed by atoms with E-state index in [0.29, 0.717) is 6.07 Å². The lowest BCUT2D eigenvalue weighted by Crippen LogP contribution is -2.29. The molecule has 4 nitrogen and oxygen atoms in total. The van der Waals surface area contributed by atoms with Crippen molar-refractivity contribution in [2.24, 2.45) is 5.92 Å². The van der Waals surface area contributed by atoms with E-state index in [-0.39, 0.29) is 18.0 Å². The van der Waals surface area contributed by atoms with E-state index in [2.05, 4.69) is 16.6 Å². The third-order valence-electron chi connectivity index (χ3n) is 2.26. The Morgan fingerprint density at radius 1 is 1.35 bits per heavy atom. The van der Waals surface area contributed by atoms with Gasteiger partial charge in [-0.3, -0.25) is 0 Å². The molecular weight excluding hydrogens is 288 g/mol. The molecule has 0 radical (unpaired) electrons. The van der Waals surface area contributed by atoms with Crippen molar-refractivity contribution in [2.75, 3.05) is 13.2 Å². The van der Waals surface area contributed by atoms with Crippen molar-refractivity contribution in [3.8, 4) is 11.8 Å². The third-order valence-corrected chi connectivity index (χ3v) is 3.76. The number of halogens is 2. The lowest BCUT2D eigenvalue weighted by molar-refractivity contribution is 0.350. The summed E-state index contributed by atoms with van der Waals surface area (Å²) in [5.41, 5.74) is -0.326. The largest absolute Gasteiger partial charge is 0.384 e. The first kappa shape index (κ1) is 16.6. The van der Waals surface area contributed by atoms with Crippen LogP contribution in [-0.4, -0.2) is 26.7 Å². The Balaban J connectivity index is 3.35. The topological polar surface area (TPSA) is 66.4 Å². The number of aliphatic hydroxyl groups excluding tert-OH is 1. The van der Waals surface area contributed by atoms with Gasteiger partial charge in [0.05, 0.1) is 5.56 Å². The van der Waals surface area contributed by atoms with Crippen LogP contribution in [0.4, 0.5) is 8.78 Å². The highest BCUT2D eigenvalue weighted by Crippen LogP contribution is 2.21. The van der Waals surface area contributed by atoms with E-state index in [0.717, 1.165) is 6.07 Å². The minimum Gasteiger partial charge on any atom is -0.384 e. The molecule has 0 saturated heterocycles. The van der Waals surface area contributed by atoms with Crippen LogP contribution in [-0.2, 0) is 10.0 Å². The number of hydrogen-bond acceptors (Lipinski definition) is 3. The van der Waals surface area contributed by atoms with Crippen molar-refractivity contribution in [3.63, 3.8) is 0 Å². The Bertz CT molecular complexity index is 646. The van der Waals surface area contributed by atoms with E-state index < -0.39 is 33.2 Å². The molecule has 0 fully saturated rings. The van der Waals surface area contributed by atoms with Gasteiger partial charge in [-0.15, -0.1) is 0 Å². The molecule has 1 aromatic rings. The fourth-order valence-electron chi connectivity index (χ4n) is 1.41. The van der Waals surface area contributed by atoms with Crippen LogP contribution in [0.15, 0.2) is 17.0 Å². The molecule has 0 spiro atoms. The lowest BCUT2D eigenvalue weighted by atomic mass is 10.2. The molecule has 0 aliphatic rings. The SMILES string of the molecule is CC(C)CNS(=O)(=O)c1c(F)cc(F)cc1C#CCO. The van der Waals surface area contributed by atoms with Gasteiger partial charge in [0.25, 0.3) is 0 Å². The highest BCUT2D eigenvalue weighted by molar-refractivity contribution is 7.89. The lowest BCUT2D eigenvalue weighted by Gasteiger charge is -2.11. The van der Waals surface area contributed by atoms with Crippen molar-refractivity contribution in [2.45, 2.75) is 18.7 Å². The first-order valence-corrected chi connectivity index (χ1v) is 7.34. The van der Waals surface area contributed by atoms with Crippen LogP contribution in [0.2, 0.25) is 0 Å². The van der Waals surface area contributed by atoms with E-state index >= 15 is 0 Å². The standard InChI is InChI=1S/C13H15F2NO3S/c1-9(2)8-16-20(18,19)13-10(4-3-5-17)6-11(14)7-12(13)15/h6-7,9,16-17H,5,8H2,1-2H3. The predicted molar refractivity (Wildman–Crippen MR) is 70.3 cm³/mol. The number of rotatable bonds is 4. The van der Waals surface area contributed by atoms with Gasteiger partial charge in [-0.25, -0.2) is 21.9 Å². The van der Waals surface area contributed by atoms with Crippen molar-refractivity contribution in [1.82, 2.24) is 4.72 Å². The molecule has 0 atom stereocenters. The second kappa shape index (κ2) is 6.79. The van der Waals surface area contributed by atoms with Gasteiger partial charge < -0.3 is 5.11 Å². The summed E-state index contributed by atoms with van der Waals surface area (Å²) in [5, 5.41) is 8.61. The van der Waals surface area contributed by atoms with Gasteiger partial charge in [-0.1, -0.05) is 25.7 Å². The monoisotopic (exact) mass is 303 g/mol. The van der Waals surface area contributed by atoms with Gasteiger partial charge in [0.15, 0.2) is 0 Å². The average molecular weight is 303 g/mol. The number of benzene rings is 1. The smallest absolute Gasteiger partial charge is 0.244 e. The van der Waals surface area contributed by atoms with Crippen LogP contribution in [0, 0.1) is 29.4 Å². The normalized spacial score (nSPS) is 11.3. The van der Waals surface area contributed by atoms with Crippen LogP contribution in [0.5, 0.6) is 0 Å². The first-order chi connectivity index (χ1) is 9.27. The van der Waals surface area contributed by atoms with Gasteiger partial charge >= 0.3 is 0 Å². The number of sulfonamides is 1. The van der Waals surface area contributed by atoms with Gasteiger partial charge in [0.1, 0.15) is 23.1 Å². The Morgan fingerprint density at radius 2 is 2.00 bits per heavy atom. The maximum Gasteiger partial charge on any atom is 0.244 e. The zero-order valence-electron chi connectivity index (χ0n) is 11.1. The second-order valence-corrected chi connectivity index (χ2v) is 6.17. The Morgan fingerprint density at radius 3 is 2.55 bits per heavy atom. The minimum atomic E-state index is -4.14. The highest BCUT2D eigenvalue weighted by atomic mass is 32.2. The van der Waals surface area contributed by atoms with Crippen molar-refractivity contribution < 1.29 is 22.3 Å². The molecule has 1 rings (SSSR count). The number of nitrogens with one attached hydrogen (secondary N) is 1. The maximum absolute atomic E-state index is 13.8. The van der Waals surface area contributed by atoms with Crippen LogP contribution in [0.1, 0.15) is 19.4 Å². The molecular formula is C13H15F2NO3S. The molecule has 0 bridgehead atoms. The van der Waals surface area contributed by atoms with Crippen molar-refractivity contribution in [3.05, 3.63) is 29.3 Å². The molecule has 0 aliphatic heterocycles. The molecule has 2 N–H and O–H groups in total. The van der Waals surface area contributed by atoms with Crippen LogP contribution < -0.4 is 4.72 Å². The summed E-state index contributed by atoms with van der Waals surface area (Å²) in [6, 6.07) is 1.30. The summed E-state index contributed by atoms with van der Waals surface area (Å²) < 4.78 is 53.3. The third kappa shape index (κ3) is 4.27. The van der Waals surface area contributed by atoms with E-state index in [9.17, 15) is 17.2 Å². The zero-order chi connectivity index (χ0) is 15.3. The molecule has 110 valence electrons. The van der Waals surface area contributed by atoms with E-state index in [1.165, 1.54) is 0 Å². The summed E-state index contributed by atoms with van der Waals surface area (Å²) in [5.74, 6) is 2.29. The number of hydrogen-bond donors (Lipinski definition) is 2. The predicted octanol–water partition coefficient (Wildman–Crippen LogP) is 1.24. The number of aliphatic hydroxyl groups is 1. The van der Waals surface area contributed by atoms with Crippen molar-refractivity contribution >= 4 is 10.0 Å². The quantitative estimate of drug-likeness (QED) is 0.823. The molecule has 0 amide bonds. The van der Waals surface area contributed by atoms with E-state index in [4.69, 9.17) is 5.11 Å². The summed E-state index contributed by atoms with van der Waals surface area (Å²) in [4.78, 5) is -0.708. The highest BCUT2D eigenvalue weighted by Gasteiger charge is 2.24. The molecule has 0 unspecified atom stereocenters. The zero-order valence-corrected chi connectivity index (χ0v) is 11.9. The van der Waals surface area contributed by atoms with Gasteiger partial charge in [0.2, 0.25) is 10.0 Å². The Labute approximate surface area is 116 Å². The van der Waals surface area contributed by atoms with Gasteiger partial charge in [-0.05, 0) is 12.0 Å². The second-order valence-electron chi connectivity index (χ2n) is 4.47. The first-order valence-electron chi connectivity index (χ1n) is 5.86. The molecule has 20 heavy (non-hydrogen) atoms. The fraction of sp³-hybridized carbons (Fsp3) is 0.385. The molecule has 0 aromatic heterocycles. The maximum atomic E-state index is 13.8. The molecule has 7 heteroatoms. The van der Waals surface area contributed by atoms with Gasteiger partial charge in [-0.2, -0.15) is 0 Å². The summed E-state index contributed by atoms with van der Waals surface area (Å²) in [6.07, 6.45) is 0. The summed E-state index contributed by atoms with van der Waals surface area (Å²) in [6.45, 7) is 3.15. The van der Waals surface area contributed by atoms with E-state index in [1.807, 2.05) is 0 Å². The summed E-state index contributed by atoms with van der Waals surface area (Å²) >= 11 is 0. The molecule has 1 aromatic carbocycles. The average Bonchev–Trinajstić information content (AvgIpc) is 2.32. The molecule has 0 saturated carbocycles.